The van der Waals surface area contributed by atoms with Crippen LogP contribution in [-0.4, -0.2) is 11.9 Å². The molecule has 3 N–H and O–H groups in total. The molecule has 2 aliphatic carbocycles. The molecule has 2 saturated carbocycles. The lowest BCUT2D eigenvalue weighted by Gasteiger charge is -2.26. The lowest BCUT2D eigenvalue weighted by atomic mass is 9.82. The molecule has 0 heterocycles. The van der Waals surface area contributed by atoms with E-state index >= 15 is 0 Å². The maximum absolute atomic E-state index is 5.53. The van der Waals surface area contributed by atoms with Gasteiger partial charge in [0.15, 0.2) is 0 Å². The van der Waals surface area contributed by atoms with Crippen molar-refractivity contribution in [2.75, 3.05) is 0 Å². The molecule has 2 rings (SSSR count). The number of nitrogens with two attached hydrogens (primary N) is 1. The van der Waals surface area contributed by atoms with Gasteiger partial charge in [-0.15, -0.1) is 0 Å². The van der Waals surface area contributed by atoms with Crippen LogP contribution in [0.3, 0.4) is 0 Å². The third kappa shape index (κ3) is 2.47. The Morgan fingerprint density at radius 1 is 1.14 bits per heavy atom. The molecule has 3 nitrogen and oxygen atoms in total. The molecule has 0 saturated heterocycles. The molecule has 0 aromatic carbocycles. The van der Waals surface area contributed by atoms with Crippen LogP contribution in [0.2, 0.25) is 0 Å². The fourth-order valence-corrected chi connectivity index (χ4v) is 2.19. The van der Waals surface area contributed by atoms with Crippen molar-refractivity contribution in [2.24, 2.45) is 22.7 Å². The van der Waals surface area contributed by atoms with E-state index in [4.69, 9.17) is 5.84 Å². The van der Waals surface area contributed by atoms with Gasteiger partial charge in [-0.3, -0.25) is 4.99 Å². The molecule has 14 heavy (non-hydrogen) atoms. The van der Waals surface area contributed by atoms with Gasteiger partial charge in [-0.2, -0.15) is 0 Å². The number of nitrogens with zero attached hydrogens (tertiary/aromatic N) is 1. The Morgan fingerprint density at radius 3 is 2.29 bits per heavy atom. The molecular weight excluding hydrogens is 174 g/mol. The summed E-state index contributed by atoms with van der Waals surface area (Å²) in [6.07, 6.45) is 7.70. The lowest BCUT2D eigenvalue weighted by Crippen LogP contribution is -2.38. The van der Waals surface area contributed by atoms with Crippen LogP contribution >= 0.6 is 0 Å². The van der Waals surface area contributed by atoms with Crippen molar-refractivity contribution in [3.8, 4) is 0 Å². The zero-order chi connectivity index (χ0) is 9.97. The molecule has 0 aliphatic heterocycles. The standard InChI is InChI=1S/C11H21N3/c1-8-2-4-9(5-3-8)11(14-12)13-10-6-7-10/h8-10H,2-7,12H2,1H3,(H,13,14). The first-order chi connectivity index (χ1) is 6.79. The highest BCUT2D eigenvalue weighted by molar-refractivity contribution is 5.84. The van der Waals surface area contributed by atoms with Crippen molar-refractivity contribution in [1.82, 2.24) is 5.43 Å². The Labute approximate surface area is 86.1 Å². The van der Waals surface area contributed by atoms with Gasteiger partial charge in [0.1, 0.15) is 5.84 Å². The SMILES string of the molecule is CC1CCC(C(=NC2CC2)NN)CC1. The molecule has 0 amide bonds. The molecule has 0 atom stereocenters. The molecule has 2 fully saturated rings. The highest BCUT2D eigenvalue weighted by Gasteiger charge is 2.26. The summed E-state index contributed by atoms with van der Waals surface area (Å²) in [7, 11) is 0. The van der Waals surface area contributed by atoms with Crippen LogP contribution in [0.15, 0.2) is 4.99 Å². The van der Waals surface area contributed by atoms with Gasteiger partial charge in [0.05, 0.1) is 6.04 Å². The quantitative estimate of drug-likeness (QED) is 0.306. The summed E-state index contributed by atoms with van der Waals surface area (Å²) in [5.41, 5.74) is 2.81. The number of amidine groups is 1. The zero-order valence-corrected chi connectivity index (χ0v) is 9.00. The first-order valence-corrected chi connectivity index (χ1v) is 5.84. The Bertz CT molecular complexity index is 213. The summed E-state index contributed by atoms with van der Waals surface area (Å²) >= 11 is 0. The van der Waals surface area contributed by atoms with E-state index in [1.54, 1.807) is 0 Å². The molecule has 0 radical (unpaired) electrons. The van der Waals surface area contributed by atoms with Crippen molar-refractivity contribution in [3.05, 3.63) is 0 Å². The average molecular weight is 195 g/mol. The van der Waals surface area contributed by atoms with E-state index in [9.17, 15) is 0 Å². The second kappa shape index (κ2) is 4.30. The van der Waals surface area contributed by atoms with Crippen molar-refractivity contribution in [1.29, 1.82) is 0 Å². The Kier molecular flexibility index (Phi) is 3.06. The second-order valence-corrected chi connectivity index (χ2v) is 4.85. The fraction of sp³-hybridized carbons (Fsp3) is 0.909. The predicted molar refractivity (Wildman–Crippen MR) is 58.9 cm³/mol. The Hall–Kier alpha value is -0.570. The maximum Gasteiger partial charge on any atom is 0.114 e. The molecule has 0 aromatic rings. The number of rotatable bonds is 2. The van der Waals surface area contributed by atoms with Gasteiger partial charge in [-0.25, -0.2) is 5.84 Å². The van der Waals surface area contributed by atoms with Gasteiger partial charge in [0, 0.05) is 5.92 Å². The third-order valence-corrected chi connectivity index (χ3v) is 3.42. The van der Waals surface area contributed by atoms with E-state index in [2.05, 4.69) is 17.3 Å². The largest absolute Gasteiger partial charge is 0.312 e. The van der Waals surface area contributed by atoms with Crippen molar-refractivity contribution < 1.29 is 0 Å². The molecule has 0 bridgehead atoms. The Morgan fingerprint density at radius 2 is 1.79 bits per heavy atom. The summed E-state index contributed by atoms with van der Waals surface area (Å²) in [4.78, 5) is 4.64. The number of nitrogens with one attached hydrogen (secondary N) is 1. The highest BCUT2D eigenvalue weighted by atomic mass is 15.3. The van der Waals surface area contributed by atoms with E-state index in [0.29, 0.717) is 12.0 Å². The monoisotopic (exact) mass is 195 g/mol. The van der Waals surface area contributed by atoms with Gasteiger partial charge >= 0.3 is 0 Å². The first-order valence-electron chi connectivity index (χ1n) is 5.84. The van der Waals surface area contributed by atoms with Gasteiger partial charge < -0.3 is 5.43 Å². The minimum absolute atomic E-state index is 0.584. The van der Waals surface area contributed by atoms with Gasteiger partial charge in [0.2, 0.25) is 0 Å². The minimum Gasteiger partial charge on any atom is -0.312 e. The smallest absolute Gasteiger partial charge is 0.114 e. The van der Waals surface area contributed by atoms with Crippen LogP contribution in [-0.2, 0) is 0 Å². The predicted octanol–water partition coefficient (Wildman–Crippen LogP) is 1.84. The zero-order valence-electron chi connectivity index (χ0n) is 9.00. The normalized spacial score (nSPS) is 34.3. The van der Waals surface area contributed by atoms with Crippen LogP contribution < -0.4 is 11.3 Å². The molecular formula is C11H21N3. The van der Waals surface area contributed by atoms with E-state index in [1.165, 1.54) is 38.5 Å². The van der Waals surface area contributed by atoms with Crippen LogP contribution in [0.5, 0.6) is 0 Å². The summed E-state index contributed by atoms with van der Waals surface area (Å²) in [5.74, 6) is 8.11. The first kappa shape index (κ1) is 9.97. The summed E-state index contributed by atoms with van der Waals surface area (Å²) < 4.78 is 0. The molecule has 0 spiro atoms. The van der Waals surface area contributed by atoms with E-state index in [0.717, 1.165) is 11.8 Å². The molecule has 80 valence electrons. The summed E-state index contributed by atoms with van der Waals surface area (Å²) in [5, 5.41) is 0. The summed E-state index contributed by atoms with van der Waals surface area (Å²) in [6.45, 7) is 2.34. The average Bonchev–Trinajstić information content (AvgIpc) is 3.00. The number of hydrogen-bond acceptors (Lipinski definition) is 2. The molecule has 3 heteroatoms. The van der Waals surface area contributed by atoms with E-state index in [1.807, 2.05) is 0 Å². The van der Waals surface area contributed by atoms with Crippen LogP contribution in [0, 0.1) is 11.8 Å². The molecule has 0 unspecified atom stereocenters. The number of hydrogen-bond donors (Lipinski definition) is 2. The van der Waals surface area contributed by atoms with Crippen molar-refractivity contribution in [3.63, 3.8) is 0 Å². The van der Waals surface area contributed by atoms with Gasteiger partial charge in [-0.05, 0) is 31.6 Å². The summed E-state index contributed by atoms with van der Waals surface area (Å²) in [6, 6.07) is 0.584. The molecule has 2 aliphatic rings. The topological polar surface area (TPSA) is 50.4 Å². The van der Waals surface area contributed by atoms with E-state index < -0.39 is 0 Å². The van der Waals surface area contributed by atoms with Crippen molar-refractivity contribution in [2.45, 2.75) is 51.5 Å². The third-order valence-electron chi connectivity index (χ3n) is 3.42. The van der Waals surface area contributed by atoms with Gasteiger partial charge in [0.25, 0.3) is 0 Å². The highest BCUT2D eigenvalue weighted by Crippen LogP contribution is 2.30. The van der Waals surface area contributed by atoms with Crippen LogP contribution in [0.4, 0.5) is 0 Å². The van der Waals surface area contributed by atoms with Crippen molar-refractivity contribution >= 4 is 5.84 Å². The van der Waals surface area contributed by atoms with Gasteiger partial charge in [-0.1, -0.05) is 19.8 Å². The van der Waals surface area contributed by atoms with Crippen LogP contribution in [0.25, 0.3) is 0 Å². The Balaban J connectivity index is 1.91. The molecule has 0 aromatic heterocycles. The minimum atomic E-state index is 0.584. The number of hydrazine groups is 1. The number of aliphatic imine (C=N–C) groups is 1. The second-order valence-electron chi connectivity index (χ2n) is 4.85. The maximum atomic E-state index is 5.53. The van der Waals surface area contributed by atoms with E-state index in [-0.39, 0.29) is 0 Å². The van der Waals surface area contributed by atoms with Crippen LogP contribution in [0.1, 0.15) is 45.4 Å². The lowest BCUT2D eigenvalue weighted by molar-refractivity contribution is 0.339. The fourth-order valence-electron chi connectivity index (χ4n) is 2.19.